The van der Waals surface area contributed by atoms with E-state index in [2.05, 4.69) is 0 Å². The number of rotatable bonds is 1. The molecule has 3 nitrogen and oxygen atoms in total. The Morgan fingerprint density at radius 3 is 2.67 bits per heavy atom. The number of halogens is 1. The summed E-state index contributed by atoms with van der Waals surface area (Å²) in [5.74, 6) is 0.735. The molecule has 3 unspecified atom stereocenters. The van der Waals surface area contributed by atoms with Crippen LogP contribution in [0, 0.1) is 5.41 Å². The highest BCUT2D eigenvalue weighted by atomic mass is 35.5. The number of hydrogen-bond acceptors (Lipinski definition) is 3. The van der Waals surface area contributed by atoms with Crippen LogP contribution >= 0.6 is 23.4 Å². The Morgan fingerprint density at radius 1 is 1.53 bits per heavy atom. The van der Waals surface area contributed by atoms with Gasteiger partial charge < -0.3 is 4.90 Å². The van der Waals surface area contributed by atoms with Crippen LogP contribution in [0.5, 0.6) is 0 Å². The van der Waals surface area contributed by atoms with E-state index < -0.39 is 10.8 Å². The fourth-order valence-corrected chi connectivity index (χ4v) is 3.76. The summed E-state index contributed by atoms with van der Waals surface area (Å²) in [6.07, 6.45) is 0. The summed E-state index contributed by atoms with van der Waals surface area (Å²) in [4.78, 5) is 25.2. The minimum atomic E-state index is -0.423. The smallest absolute Gasteiger partial charge is 0.245 e. The van der Waals surface area contributed by atoms with Gasteiger partial charge in [0.25, 0.3) is 0 Å². The van der Waals surface area contributed by atoms with E-state index in [0.717, 1.165) is 0 Å². The first-order valence-electron chi connectivity index (χ1n) is 4.96. The summed E-state index contributed by atoms with van der Waals surface area (Å²) in [7, 11) is 0. The van der Waals surface area contributed by atoms with Gasteiger partial charge in [0, 0.05) is 11.2 Å². The third-order valence-electron chi connectivity index (χ3n) is 2.82. The standard InChI is InChI=1S/C10H14ClNO2S/c1-10(2,3)7(13)5-4-15-9-6(11)8(14)12(5)9/h5-6,9H,4H2,1-3H3. The zero-order valence-corrected chi connectivity index (χ0v) is 10.6. The van der Waals surface area contributed by atoms with E-state index >= 15 is 0 Å². The summed E-state index contributed by atoms with van der Waals surface area (Å²) in [5.41, 5.74) is -0.391. The van der Waals surface area contributed by atoms with Gasteiger partial charge in [-0.25, -0.2) is 0 Å². The average molecular weight is 248 g/mol. The Balaban J connectivity index is 2.14. The topological polar surface area (TPSA) is 37.4 Å². The van der Waals surface area contributed by atoms with Gasteiger partial charge in [-0.1, -0.05) is 20.8 Å². The monoisotopic (exact) mass is 247 g/mol. The van der Waals surface area contributed by atoms with Gasteiger partial charge >= 0.3 is 0 Å². The maximum absolute atomic E-state index is 12.1. The van der Waals surface area contributed by atoms with Crippen LogP contribution in [0.2, 0.25) is 0 Å². The predicted octanol–water partition coefficient (Wildman–Crippen LogP) is 1.49. The molecular weight excluding hydrogens is 234 g/mol. The third-order valence-corrected chi connectivity index (χ3v) is 4.74. The second kappa shape index (κ2) is 3.39. The van der Waals surface area contributed by atoms with Crippen LogP contribution < -0.4 is 0 Å². The molecule has 0 bridgehead atoms. The SMILES string of the molecule is CC(C)(C)C(=O)C1CSC2C(Cl)C(=O)N12. The van der Waals surface area contributed by atoms with Crippen molar-refractivity contribution >= 4 is 35.1 Å². The molecule has 0 aromatic rings. The molecule has 2 saturated heterocycles. The quantitative estimate of drug-likeness (QED) is 0.521. The van der Waals surface area contributed by atoms with E-state index in [1.807, 2.05) is 20.8 Å². The molecule has 0 radical (unpaired) electrons. The van der Waals surface area contributed by atoms with Crippen molar-refractivity contribution in [3.8, 4) is 0 Å². The number of β-lactam (4-membered cyclic amide) rings is 1. The number of Topliss-reactive ketones (excluding diaryl/α,β-unsaturated/α-hetero) is 1. The highest BCUT2D eigenvalue weighted by Crippen LogP contribution is 2.43. The van der Waals surface area contributed by atoms with Crippen LogP contribution in [-0.2, 0) is 9.59 Å². The molecule has 0 aliphatic carbocycles. The summed E-state index contributed by atoms with van der Waals surface area (Å²) in [6, 6.07) is -0.262. The summed E-state index contributed by atoms with van der Waals surface area (Å²) < 4.78 is 0. The van der Waals surface area contributed by atoms with Crippen molar-refractivity contribution < 1.29 is 9.59 Å². The number of nitrogens with zero attached hydrogens (tertiary/aromatic N) is 1. The van der Waals surface area contributed by atoms with E-state index in [-0.39, 0.29) is 23.1 Å². The lowest BCUT2D eigenvalue weighted by Crippen LogP contribution is -2.63. The van der Waals surface area contributed by atoms with E-state index in [9.17, 15) is 9.59 Å². The summed E-state index contributed by atoms with van der Waals surface area (Å²) in [5, 5.41) is -0.400. The molecule has 2 rings (SSSR count). The number of hydrogen-bond donors (Lipinski definition) is 0. The predicted molar refractivity (Wildman–Crippen MR) is 61.0 cm³/mol. The molecule has 5 heteroatoms. The minimum Gasteiger partial charge on any atom is -0.316 e. The minimum absolute atomic E-state index is 0.0236. The Labute approximate surface area is 98.5 Å². The lowest BCUT2D eigenvalue weighted by Gasteiger charge is -2.42. The van der Waals surface area contributed by atoms with Gasteiger partial charge in [0.1, 0.15) is 16.8 Å². The van der Waals surface area contributed by atoms with Crippen LogP contribution in [0.15, 0.2) is 0 Å². The van der Waals surface area contributed by atoms with Gasteiger partial charge in [-0.05, 0) is 0 Å². The fraction of sp³-hybridized carbons (Fsp3) is 0.800. The van der Waals surface area contributed by atoms with Crippen LogP contribution in [0.25, 0.3) is 0 Å². The van der Waals surface area contributed by atoms with Crippen molar-refractivity contribution in [3.63, 3.8) is 0 Å². The van der Waals surface area contributed by atoms with Gasteiger partial charge in [-0.15, -0.1) is 23.4 Å². The van der Waals surface area contributed by atoms with E-state index in [4.69, 9.17) is 11.6 Å². The summed E-state index contributed by atoms with van der Waals surface area (Å²) >= 11 is 7.47. The number of carbonyl (C=O) groups is 2. The fourth-order valence-electron chi connectivity index (χ4n) is 1.92. The van der Waals surface area contributed by atoms with Crippen molar-refractivity contribution in [1.82, 2.24) is 4.90 Å². The maximum atomic E-state index is 12.1. The molecule has 1 amide bonds. The van der Waals surface area contributed by atoms with Crippen LogP contribution in [0.1, 0.15) is 20.8 Å². The lowest BCUT2D eigenvalue weighted by molar-refractivity contribution is -0.149. The lowest BCUT2D eigenvalue weighted by atomic mass is 9.85. The number of amides is 1. The van der Waals surface area contributed by atoms with Crippen LogP contribution in [0.3, 0.4) is 0 Å². The normalized spacial score (nSPS) is 35.1. The van der Waals surface area contributed by atoms with Crippen molar-refractivity contribution in [2.45, 2.75) is 37.6 Å². The Hall–Kier alpha value is -0.220. The molecule has 0 aromatic carbocycles. The number of alkyl halides is 1. The van der Waals surface area contributed by atoms with E-state index in [1.165, 1.54) is 0 Å². The molecule has 2 aliphatic rings. The van der Waals surface area contributed by atoms with Gasteiger partial charge in [-0.2, -0.15) is 0 Å². The molecule has 0 N–H and O–H groups in total. The molecule has 0 saturated carbocycles. The third kappa shape index (κ3) is 1.58. The molecule has 2 aliphatic heterocycles. The average Bonchev–Trinajstić information content (AvgIpc) is 2.54. The first-order chi connectivity index (χ1) is 6.84. The first kappa shape index (κ1) is 11.3. The largest absolute Gasteiger partial charge is 0.316 e. The number of thioether (sulfide) groups is 1. The molecular formula is C10H14ClNO2S. The molecule has 2 heterocycles. The molecule has 2 fully saturated rings. The first-order valence-corrected chi connectivity index (χ1v) is 6.44. The second-order valence-corrected chi connectivity index (χ2v) is 6.62. The number of ketones is 1. The zero-order chi connectivity index (χ0) is 11.4. The van der Waals surface area contributed by atoms with Gasteiger partial charge in [0.05, 0.1) is 0 Å². The van der Waals surface area contributed by atoms with Gasteiger partial charge in [0.15, 0.2) is 5.78 Å². The van der Waals surface area contributed by atoms with Crippen LogP contribution in [-0.4, -0.2) is 39.1 Å². The molecule has 3 atom stereocenters. The highest BCUT2D eigenvalue weighted by Gasteiger charge is 2.56. The highest BCUT2D eigenvalue weighted by molar-refractivity contribution is 8.00. The Bertz CT molecular complexity index is 326. The zero-order valence-electron chi connectivity index (χ0n) is 8.99. The van der Waals surface area contributed by atoms with Crippen molar-refractivity contribution in [2.24, 2.45) is 5.41 Å². The van der Waals surface area contributed by atoms with E-state index in [1.54, 1.807) is 16.7 Å². The van der Waals surface area contributed by atoms with E-state index in [0.29, 0.717) is 5.75 Å². The number of fused-ring (bicyclic) bond motifs is 1. The maximum Gasteiger partial charge on any atom is 0.245 e. The van der Waals surface area contributed by atoms with Crippen LogP contribution in [0.4, 0.5) is 0 Å². The molecule has 84 valence electrons. The molecule has 15 heavy (non-hydrogen) atoms. The molecule has 0 spiro atoms. The molecule has 0 aromatic heterocycles. The van der Waals surface area contributed by atoms with Gasteiger partial charge in [-0.3, -0.25) is 9.59 Å². The van der Waals surface area contributed by atoms with Gasteiger partial charge in [0.2, 0.25) is 5.91 Å². The summed E-state index contributed by atoms with van der Waals surface area (Å²) in [6.45, 7) is 5.65. The van der Waals surface area contributed by atoms with Crippen molar-refractivity contribution in [3.05, 3.63) is 0 Å². The Morgan fingerprint density at radius 2 is 2.13 bits per heavy atom. The van der Waals surface area contributed by atoms with Crippen molar-refractivity contribution in [2.75, 3.05) is 5.75 Å². The number of carbonyl (C=O) groups excluding carboxylic acids is 2. The second-order valence-electron chi connectivity index (χ2n) is 5.00. The Kier molecular flexibility index (Phi) is 2.54. The van der Waals surface area contributed by atoms with Crippen molar-refractivity contribution in [1.29, 1.82) is 0 Å².